The van der Waals surface area contributed by atoms with Crippen LogP contribution in [0.25, 0.3) is 16.7 Å². The van der Waals surface area contributed by atoms with Crippen molar-refractivity contribution in [3.63, 3.8) is 0 Å². The van der Waals surface area contributed by atoms with Crippen LogP contribution in [0.3, 0.4) is 0 Å². The van der Waals surface area contributed by atoms with Crippen molar-refractivity contribution in [3.8, 4) is 5.69 Å². The molecule has 6 nitrogen and oxygen atoms in total. The van der Waals surface area contributed by atoms with Gasteiger partial charge in [0.1, 0.15) is 5.82 Å². The lowest BCUT2D eigenvalue weighted by molar-refractivity contribution is 0.0646. The number of hydrogen-bond acceptors (Lipinski definition) is 5. The Hall–Kier alpha value is -3.29. The fraction of sp³-hybridized carbons (Fsp3) is 0.208. The zero-order chi connectivity index (χ0) is 23.0. The fourth-order valence-electron chi connectivity index (χ4n) is 3.23. The molecule has 0 spiro atoms. The maximum absolute atomic E-state index is 13.6. The molecule has 0 bridgehead atoms. The van der Waals surface area contributed by atoms with Crippen molar-refractivity contribution >= 4 is 34.4 Å². The summed E-state index contributed by atoms with van der Waals surface area (Å²) >= 11 is 6.27. The second-order valence-corrected chi connectivity index (χ2v) is 8.55. The Kier molecular flexibility index (Phi) is 5.71. The van der Waals surface area contributed by atoms with E-state index in [1.54, 1.807) is 67.1 Å². The molecule has 0 radical (unpaired) electrons. The molecule has 0 saturated carbocycles. The number of ketones is 1. The number of anilines is 1. The van der Waals surface area contributed by atoms with Gasteiger partial charge in [0.15, 0.2) is 5.65 Å². The van der Waals surface area contributed by atoms with Gasteiger partial charge in [-0.2, -0.15) is 4.98 Å². The van der Waals surface area contributed by atoms with Gasteiger partial charge in [0.2, 0.25) is 11.7 Å². The van der Waals surface area contributed by atoms with Crippen LogP contribution in [0.4, 0.5) is 10.3 Å². The van der Waals surface area contributed by atoms with E-state index in [4.69, 9.17) is 11.6 Å². The lowest BCUT2D eigenvalue weighted by Gasteiger charge is -2.26. The van der Waals surface area contributed by atoms with Gasteiger partial charge in [0.25, 0.3) is 0 Å². The van der Waals surface area contributed by atoms with E-state index < -0.39 is 5.60 Å². The first-order valence-corrected chi connectivity index (χ1v) is 10.5. The van der Waals surface area contributed by atoms with E-state index in [9.17, 15) is 14.3 Å². The standard InChI is InChI=1S/C24H22ClFN4O2/c1-14(24(2,3)32)28-23-27-13-15-12-20(21(31)18-6-4-5-7-19(18)25)30(22(15)29-23)17-10-8-16(26)9-11-17/h4-14,32H,1-3H3,(H,27,28,29). The van der Waals surface area contributed by atoms with Crippen molar-refractivity contribution in [1.82, 2.24) is 14.5 Å². The van der Waals surface area contributed by atoms with Gasteiger partial charge in [-0.1, -0.05) is 23.7 Å². The highest BCUT2D eigenvalue weighted by atomic mass is 35.5. The van der Waals surface area contributed by atoms with Crippen molar-refractivity contribution in [2.75, 3.05) is 5.32 Å². The molecule has 2 N–H and O–H groups in total. The lowest BCUT2D eigenvalue weighted by atomic mass is 10.0. The summed E-state index contributed by atoms with van der Waals surface area (Å²) in [6, 6.07) is 13.9. The van der Waals surface area contributed by atoms with E-state index in [2.05, 4.69) is 15.3 Å². The Morgan fingerprint density at radius 3 is 2.53 bits per heavy atom. The number of aromatic nitrogens is 3. The molecular weight excluding hydrogens is 431 g/mol. The second-order valence-electron chi connectivity index (χ2n) is 8.14. The van der Waals surface area contributed by atoms with Crippen LogP contribution in [-0.2, 0) is 0 Å². The third-order valence-corrected chi connectivity index (χ3v) is 5.71. The van der Waals surface area contributed by atoms with E-state index in [-0.39, 0.29) is 17.6 Å². The summed E-state index contributed by atoms with van der Waals surface area (Å²) in [7, 11) is 0. The molecule has 1 unspecified atom stereocenters. The molecule has 8 heteroatoms. The Balaban J connectivity index is 1.90. The molecule has 0 amide bonds. The second kappa shape index (κ2) is 8.33. The first-order chi connectivity index (χ1) is 15.1. The molecule has 1 atom stereocenters. The number of aliphatic hydroxyl groups is 1. The summed E-state index contributed by atoms with van der Waals surface area (Å²) in [6.07, 6.45) is 1.60. The molecule has 0 fully saturated rings. The minimum atomic E-state index is -0.998. The zero-order valence-corrected chi connectivity index (χ0v) is 18.6. The zero-order valence-electron chi connectivity index (χ0n) is 17.8. The number of carbonyl (C=O) groups excluding carboxylic acids is 1. The van der Waals surface area contributed by atoms with E-state index in [0.29, 0.717) is 38.9 Å². The van der Waals surface area contributed by atoms with E-state index in [0.717, 1.165) is 0 Å². The normalized spacial score (nSPS) is 12.7. The van der Waals surface area contributed by atoms with Gasteiger partial charge in [-0.05, 0) is 63.2 Å². The van der Waals surface area contributed by atoms with Gasteiger partial charge in [-0.3, -0.25) is 9.36 Å². The lowest BCUT2D eigenvalue weighted by Crippen LogP contribution is -2.39. The third-order valence-electron chi connectivity index (χ3n) is 5.38. The molecule has 0 saturated heterocycles. The van der Waals surface area contributed by atoms with E-state index >= 15 is 0 Å². The molecule has 0 aliphatic rings. The average molecular weight is 453 g/mol. The number of benzene rings is 2. The highest BCUT2D eigenvalue weighted by Gasteiger charge is 2.25. The summed E-state index contributed by atoms with van der Waals surface area (Å²) in [5, 5.41) is 14.3. The molecule has 2 aromatic carbocycles. The number of hydrogen-bond donors (Lipinski definition) is 2. The maximum Gasteiger partial charge on any atom is 0.224 e. The Labute approximate surface area is 189 Å². The molecule has 4 rings (SSSR count). The number of nitrogens with one attached hydrogen (secondary N) is 1. The van der Waals surface area contributed by atoms with Gasteiger partial charge >= 0.3 is 0 Å². The Morgan fingerprint density at radius 1 is 1.19 bits per heavy atom. The van der Waals surface area contributed by atoms with Crippen molar-refractivity contribution in [3.05, 3.63) is 82.9 Å². The summed E-state index contributed by atoms with van der Waals surface area (Å²) in [6.45, 7) is 5.19. The van der Waals surface area contributed by atoms with Crippen molar-refractivity contribution < 1.29 is 14.3 Å². The molecule has 4 aromatic rings. The number of nitrogens with zero attached hydrogens (tertiary/aromatic N) is 3. The highest BCUT2D eigenvalue weighted by molar-refractivity contribution is 6.35. The minimum Gasteiger partial charge on any atom is -0.388 e. The van der Waals surface area contributed by atoms with Crippen molar-refractivity contribution in [2.24, 2.45) is 0 Å². The summed E-state index contributed by atoms with van der Waals surface area (Å²) < 4.78 is 15.2. The Bertz CT molecular complexity index is 1300. The largest absolute Gasteiger partial charge is 0.388 e. The van der Waals surface area contributed by atoms with Crippen LogP contribution >= 0.6 is 11.6 Å². The molecule has 0 aliphatic heterocycles. The van der Waals surface area contributed by atoms with Crippen molar-refractivity contribution in [1.29, 1.82) is 0 Å². The molecule has 2 aromatic heterocycles. The number of fused-ring (bicyclic) bond motifs is 1. The predicted molar refractivity (Wildman–Crippen MR) is 123 cm³/mol. The van der Waals surface area contributed by atoms with Crippen LogP contribution in [0.1, 0.15) is 36.8 Å². The van der Waals surface area contributed by atoms with Crippen LogP contribution in [0.2, 0.25) is 5.02 Å². The first-order valence-electron chi connectivity index (χ1n) is 10.1. The van der Waals surface area contributed by atoms with Crippen molar-refractivity contribution in [2.45, 2.75) is 32.4 Å². The quantitative estimate of drug-likeness (QED) is 0.402. The van der Waals surface area contributed by atoms with Crippen LogP contribution in [0.5, 0.6) is 0 Å². The van der Waals surface area contributed by atoms with Crippen LogP contribution in [0.15, 0.2) is 60.8 Å². The van der Waals surface area contributed by atoms with Gasteiger partial charge < -0.3 is 10.4 Å². The average Bonchev–Trinajstić information content (AvgIpc) is 3.12. The van der Waals surface area contributed by atoms with Crippen LogP contribution < -0.4 is 5.32 Å². The highest BCUT2D eigenvalue weighted by Crippen LogP contribution is 2.28. The summed E-state index contributed by atoms with van der Waals surface area (Å²) in [4.78, 5) is 22.3. The molecular formula is C24H22ClFN4O2. The van der Waals surface area contributed by atoms with Gasteiger partial charge in [0, 0.05) is 22.8 Å². The molecule has 0 aliphatic carbocycles. The summed E-state index contributed by atoms with van der Waals surface area (Å²) in [5.41, 5.74) is 0.705. The molecule has 2 heterocycles. The van der Waals surface area contributed by atoms with Gasteiger partial charge in [-0.25, -0.2) is 9.37 Å². The van der Waals surface area contributed by atoms with E-state index in [1.165, 1.54) is 12.1 Å². The smallest absolute Gasteiger partial charge is 0.224 e. The fourth-order valence-corrected chi connectivity index (χ4v) is 3.45. The van der Waals surface area contributed by atoms with Gasteiger partial charge in [-0.15, -0.1) is 0 Å². The topological polar surface area (TPSA) is 80.0 Å². The minimum absolute atomic E-state index is 0.294. The predicted octanol–water partition coefficient (Wildman–Crippen LogP) is 5.02. The maximum atomic E-state index is 13.6. The third kappa shape index (κ3) is 4.22. The number of halogens is 2. The Morgan fingerprint density at radius 2 is 1.88 bits per heavy atom. The van der Waals surface area contributed by atoms with Crippen LogP contribution in [0, 0.1) is 5.82 Å². The summed E-state index contributed by atoms with van der Waals surface area (Å²) in [5.74, 6) is -0.386. The monoisotopic (exact) mass is 452 g/mol. The number of carbonyl (C=O) groups is 1. The SMILES string of the molecule is CC(Nc1ncc2cc(C(=O)c3ccccc3Cl)n(-c3ccc(F)cc3)c2n1)C(C)(C)O. The van der Waals surface area contributed by atoms with Gasteiger partial charge in [0.05, 0.1) is 22.4 Å². The van der Waals surface area contributed by atoms with E-state index in [1.807, 2.05) is 6.92 Å². The van der Waals surface area contributed by atoms with Crippen LogP contribution in [-0.4, -0.2) is 37.1 Å². The first kappa shape index (κ1) is 21.9. The molecule has 164 valence electrons. The number of rotatable bonds is 6. The molecule has 32 heavy (non-hydrogen) atoms.